The second-order valence-electron chi connectivity index (χ2n) is 6.12. The molecule has 104 valence electrons. The van der Waals surface area contributed by atoms with Crippen LogP contribution in [0.15, 0.2) is 16.6 Å². The third kappa shape index (κ3) is 2.27. The lowest BCUT2D eigenvalue weighted by molar-refractivity contribution is -0.0304. The van der Waals surface area contributed by atoms with Crippen LogP contribution in [-0.2, 0) is 0 Å². The molecule has 1 aromatic rings. The first-order chi connectivity index (χ1) is 9.03. The maximum atomic E-state index is 6.32. The van der Waals surface area contributed by atoms with Crippen molar-refractivity contribution in [1.82, 2.24) is 0 Å². The number of alkyl halides is 1. The van der Waals surface area contributed by atoms with Gasteiger partial charge in [-0.25, -0.2) is 0 Å². The van der Waals surface area contributed by atoms with Crippen LogP contribution >= 0.6 is 31.9 Å². The molecule has 0 heterocycles. The maximum Gasteiger partial charge on any atom is 0.120 e. The van der Waals surface area contributed by atoms with Crippen LogP contribution in [0.3, 0.4) is 0 Å². The second kappa shape index (κ2) is 5.07. The van der Waals surface area contributed by atoms with Gasteiger partial charge in [-0.15, -0.1) is 0 Å². The molecule has 0 N–H and O–H groups in total. The molecule has 2 fully saturated rings. The van der Waals surface area contributed by atoms with E-state index in [0.717, 1.165) is 12.2 Å². The van der Waals surface area contributed by atoms with E-state index in [0.29, 0.717) is 16.3 Å². The summed E-state index contributed by atoms with van der Waals surface area (Å²) in [6, 6.07) is 4.31. The quantitative estimate of drug-likeness (QED) is 0.605. The van der Waals surface area contributed by atoms with Gasteiger partial charge in [0, 0.05) is 14.7 Å². The highest BCUT2D eigenvalue weighted by Crippen LogP contribution is 2.57. The average molecular weight is 388 g/mol. The molecule has 3 heteroatoms. The zero-order valence-electron chi connectivity index (χ0n) is 11.5. The van der Waals surface area contributed by atoms with Gasteiger partial charge in [0.25, 0.3) is 0 Å². The molecule has 3 rings (SSSR count). The van der Waals surface area contributed by atoms with Gasteiger partial charge in [-0.3, -0.25) is 0 Å². The van der Waals surface area contributed by atoms with Crippen molar-refractivity contribution in [3.8, 4) is 5.75 Å². The Balaban J connectivity index is 1.79. The number of aryl methyl sites for hydroxylation is 2. The van der Waals surface area contributed by atoms with E-state index in [4.69, 9.17) is 4.74 Å². The lowest BCUT2D eigenvalue weighted by atomic mass is 9.64. The summed E-state index contributed by atoms with van der Waals surface area (Å²) in [6.45, 7) is 4.26. The van der Waals surface area contributed by atoms with E-state index in [-0.39, 0.29) is 0 Å². The van der Waals surface area contributed by atoms with Gasteiger partial charge in [0.15, 0.2) is 0 Å². The minimum Gasteiger partial charge on any atom is -0.490 e. The summed E-state index contributed by atoms with van der Waals surface area (Å²) >= 11 is 7.47. The van der Waals surface area contributed by atoms with Gasteiger partial charge in [0.2, 0.25) is 0 Å². The van der Waals surface area contributed by atoms with Crippen molar-refractivity contribution >= 4 is 31.9 Å². The van der Waals surface area contributed by atoms with Crippen molar-refractivity contribution < 1.29 is 4.74 Å². The highest BCUT2D eigenvalue weighted by molar-refractivity contribution is 9.10. The molecule has 0 bridgehead atoms. The van der Waals surface area contributed by atoms with E-state index >= 15 is 0 Å². The Kier molecular flexibility index (Phi) is 3.72. The first-order valence-electron chi connectivity index (χ1n) is 7.10. The molecule has 2 atom stereocenters. The van der Waals surface area contributed by atoms with Crippen LogP contribution in [0.25, 0.3) is 0 Å². The summed E-state index contributed by atoms with van der Waals surface area (Å²) < 4.78 is 7.52. The Bertz CT molecular complexity index is 469. The molecular formula is C16H20Br2O. The van der Waals surface area contributed by atoms with Gasteiger partial charge in [-0.2, -0.15) is 0 Å². The molecule has 2 aliphatic carbocycles. The van der Waals surface area contributed by atoms with Crippen molar-refractivity contribution in [1.29, 1.82) is 0 Å². The number of hydrogen-bond acceptors (Lipinski definition) is 1. The maximum absolute atomic E-state index is 6.32. The van der Waals surface area contributed by atoms with Crippen molar-refractivity contribution in [2.75, 3.05) is 0 Å². The highest BCUT2D eigenvalue weighted by atomic mass is 79.9. The van der Waals surface area contributed by atoms with Gasteiger partial charge in [-0.05, 0) is 56.4 Å². The monoisotopic (exact) mass is 386 g/mol. The second-order valence-corrected chi connectivity index (χ2v) is 8.02. The Labute approximate surface area is 132 Å². The van der Waals surface area contributed by atoms with Crippen molar-refractivity contribution in [3.63, 3.8) is 0 Å². The van der Waals surface area contributed by atoms with Crippen LogP contribution in [0.4, 0.5) is 0 Å². The molecular weight excluding hydrogens is 368 g/mol. The molecule has 19 heavy (non-hydrogen) atoms. The topological polar surface area (TPSA) is 9.23 Å². The highest BCUT2D eigenvalue weighted by Gasteiger charge is 2.56. The van der Waals surface area contributed by atoms with Gasteiger partial charge in [0.1, 0.15) is 11.9 Å². The smallest absolute Gasteiger partial charge is 0.120 e. The van der Waals surface area contributed by atoms with Crippen LogP contribution in [0.2, 0.25) is 0 Å². The van der Waals surface area contributed by atoms with Crippen LogP contribution < -0.4 is 4.74 Å². The Morgan fingerprint density at radius 3 is 2.26 bits per heavy atom. The van der Waals surface area contributed by atoms with Crippen LogP contribution in [-0.4, -0.2) is 10.9 Å². The molecule has 0 aliphatic heterocycles. The fraction of sp³-hybridized carbons (Fsp3) is 0.625. The molecule has 2 unspecified atom stereocenters. The number of halogens is 2. The first-order valence-corrected chi connectivity index (χ1v) is 8.81. The first kappa shape index (κ1) is 13.9. The minimum atomic E-state index is 0.402. The van der Waals surface area contributed by atoms with Gasteiger partial charge in [0.05, 0.1) is 0 Å². The predicted molar refractivity (Wildman–Crippen MR) is 86.3 cm³/mol. The molecule has 2 aliphatic rings. The summed E-state index contributed by atoms with van der Waals surface area (Å²) in [5, 5.41) is 0. The zero-order chi connectivity index (χ0) is 13.6. The molecule has 0 aromatic heterocycles. The Hall–Kier alpha value is -0.0200. The summed E-state index contributed by atoms with van der Waals surface area (Å²) in [4.78, 5) is 0.658. The summed E-state index contributed by atoms with van der Waals surface area (Å²) in [5.74, 6) is 1.04. The van der Waals surface area contributed by atoms with E-state index in [1.54, 1.807) is 0 Å². The van der Waals surface area contributed by atoms with Crippen LogP contribution in [0, 0.1) is 19.3 Å². The molecule has 1 spiro atoms. The van der Waals surface area contributed by atoms with Gasteiger partial charge < -0.3 is 4.74 Å². The largest absolute Gasteiger partial charge is 0.490 e. The molecule has 1 aromatic carbocycles. The van der Waals surface area contributed by atoms with E-state index in [1.807, 2.05) is 0 Å². The van der Waals surface area contributed by atoms with E-state index < -0.39 is 0 Å². The number of rotatable bonds is 2. The van der Waals surface area contributed by atoms with Crippen LogP contribution in [0.1, 0.15) is 43.2 Å². The van der Waals surface area contributed by atoms with E-state index in [9.17, 15) is 0 Å². The molecule has 2 saturated carbocycles. The average Bonchev–Trinajstić information content (AvgIpc) is 2.88. The van der Waals surface area contributed by atoms with Crippen molar-refractivity contribution in [2.45, 2.75) is 56.9 Å². The van der Waals surface area contributed by atoms with E-state index in [1.165, 1.54) is 41.3 Å². The van der Waals surface area contributed by atoms with Crippen molar-refractivity contribution in [3.05, 3.63) is 27.7 Å². The lowest BCUT2D eigenvalue weighted by Gasteiger charge is -2.51. The zero-order valence-corrected chi connectivity index (χ0v) is 14.7. The van der Waals surface area contributed by atoms with E-state index in [2.05, 4.69) is 57.8 Å². The minimum absolute atomic E-state index is 0.402. The van der Waals surface area contributed by atoms with Crippen LogP contribution in [0.5, 0.6) is 5.75 Å². The fourth-order valence-corrected chi connectivity index (χ4v) is 4.99. The SMILES string of the molecule is Cc1cc(OC2CC(Br)C23CCCC3)cc(C)c1Br. The van der Waals surface area contributed by atoms with Gasteiger partial charge >= 0.3 is 0 Å². The summed E-state index contributed by atoms with van der Waals surface area (Å²) in [7, 11) is 0. The molecule has 0 radical (unpaired) electrons. The summed E-state index contributed by atoms with van der Waals surface area (Å²) in [5.41, 5.74) is 2.92. The molecule has 0 saturated heterocycles. The normalized spacial score (nSPS) is 28.4. The third-order valence-corrected chi connectivity index (χ3v) is 7.45. The summed E-state index contributed by atoms with van der Waals surface area (Å²) in [6.07, 6.45) is 6.92. The molecule has 1 nitrogen and oxygen atoms in total. The Morgan fingerprint density at radius 1 is 1.16 bits per heavy atom. The number of hydrogen-bond donors (Lipinski definition) is 0. The van der Waals surface area contributed by atoms with Gasteiger partial charge in [-0.1, -0.05) is 44.7 Å². The van der Waals surface area contributed by atoms with Crippen molar-refractivity contribution in [2.24, 2.45) is 5.41 Å². The number of ether oxygens (including phenoxy) is 1. The third-order valence-electron chi connectivity index (χ3n) is 4.91. The number of benzene rings is 1. The lowest BCUT2D eigenvalue weighted by Crippen LogP contribution is -2.55. The predicted octanol–water partition coefficient (Wildman–Crippen LogP) is 5.54. The standard InChI is InChI=1S/C16H20Br2O/c1-10-7-12(8-11(2)15(10)18)19-14-9-13(17)16(14)5-3-4-6-16/h7-8,13-14H,3-6,9H2,1-2H3. The Morgan fingerprint density at radius 2 is 1.74 bits per heavy atom. The fourth-order valence-electron chi connectivity index (χ4n) is 3.67. The molecule has 0 amide bonds.